The molecule has 4 heteroatoms. The van der Waals surface area contributed by atoms with E-state index in [0.717, 1.165) is 16.3 Å². The summed E-state index contributed by atoms with van der Waals surface area (Å²) in [5.41, 5.74) is 1.60. The average molecular weight is 354 g/mol. The fourth-order valence-corrected chi connectivity index (χ4v) is 2.86. The zero-order valence-electron chi connectivity index (χ0n) is 14.6. The number of nitrogens with one attached hydrogen (secondary N) is 1. The summed E-state index contributed by atoms with van der Waals surface area (Å²) in [6.45, 7) is 0.422. The maximum absolute atomic E-state index is 12.5. The Hall–Kier alpha value is -3.66. The van der Waals surface area contributed by atoms with Gasteiger partial charge in [0.05, 0.1) is 0 Å². The van der Waals surface area contributed by atoms with E-state index in [1.807, 2.05) is 78.9 Å². The van der Waals surface area contributed by atoms with Crippen molar-refractivity contribution in [3.63, 3.8) is 0 Å². The highest BCUT2D eigenvalue weighted by Gasteiger charge is 2.07. The third kappa shape index (κ3) is 4.12. The highest BCUT2D eigenvalue weighted by molar-refractivity contribution is 5.98. The number of fused-ring (bicyclic) bond motifs is 1. The first-order valence-electron chi connectivity index (χ1n) is 8.73. The van der Waals surface area contributed by atoms with Crippen LogP contribution in [0.5, 0.6) is 11.6 Å². The van der Waals surface area contributed by atoms with E-state index in [1.54, 1.807) is 12.3 Å². The number of amides is 1. The smallest absolute Gasteiger partial charge is 0.251 e. The Kier molecular flexibility index (Phi) is 4.79. The molecule has 0 fully saturated rings. The van der Waals surface area contributed by atoms with E-state index in [-0.39, 0.29) is 5.91 Å². The van der Waals surface area contributed by atoms with Crippen LogP contribution in [0, 0.1) is 0 Å². The summed E-state index contributed by atoms with van der Waals surface area (Å²) in [4.78, 5) is 16.6. The molecule has 1 heterocycles. The van der Waals surface area contributed by atoms with E-state index in [9.17, 15) is 4.79 Å². The normalized spacial score (nSPS) is 10.5. The molecular formula is C23H18N2O2. The summed E-state index contributed by atoms with van der Waals surface area (Å²) in [6, 6.07) is 26.8. The van der Waals surface area contributed by atoms with Crippen LogP contribution in [0.3, 0.4) is 0 Å². The lowest BCUT2D eigenvalue weighted by molar-refractivity contribution is 0.0951. The lowest BCUT2D eigenvalue weighted by Crippen LogP contribution is -2.22. The molecule has 1 amide bonds. The van der Waals surface area contributed by atoms with Gasteiger partial charge in [0.1, 0.15) is 5.75 Å². The fraction of sp³-hybridized carbons (Fsp3) is 0.0435. The van der Waals surface area contributed by atoms with Gasteiger partial charge in [-0.3, -0.25) is 4.79 Å². The topological polar surface area (TPSA) is 51.2 Å². The first-order valence-corrected chi connectivity index (χ1v) is 8.73. The van der Waals surface area contributed by atoms with Crippen molar-refractivity contribution in [3.05, 3.63) is 102 Å². The molecule has 3 aromatic carbocycles. The van der Waals surface area contributed by atoms with Crippen LogP contribution in [-0.4, -0.2) is 10.9 Å². The van der Waals surface area contributed by atoms with Gasteiger partial charge in [-0.2, -0.15) is 0 Å². The number of hydrogen-bond donors (Lipinski definition) is 1. The molecule has 132 valence electrons. The first-order chi connectivity index (χ1) is 13.3. The van der Waals surface area contributed by atoms with Crippen molar-refractivity contribution < 1.29 is 9.53 Å². The zero-order chi connectivity index (χ0) is 18.5. The SMILES string of the molecule is O=C(NCc1cccc(Oc2ccccn2)c1)c1ccc2ccccc2c1. The van der Waals surface area contributed by atoms with Crippen molar-refractivity contribution in [2.24, 2.45) is 0 Å². The second kappa shape index (κ2) is 7.70. The maximum Gasteiger partial charge on any atom is 0.251 e. The highest BCUT2D eigenvalue weighted by Crippen LogP contribution is 2.20. The minimum Gasteiger partial charge on any atom is -0.439 e. The number of carbonyl (C=O) groups is 1. The Morgan fingerprint density at radius 3 is 2.56 bits per heavy atom. The monoisotopic (exact) mass is 354 g/mol. The Bertz CT molecular complexity index is 1080. The molecule has 0 saturated carbocycles. The molecule has 0 aliphatic heterocycles. The molecular weight excluding hydrogens is 336 g/mol. The second-order valence-corrected chi connectivity index (χ2v) is 6.16. The molecule has 1 N–H and O–H groups in total. The number of hydrogen-bond acceptors (Lipinski definition) is 3. The van der Waals surface area contributed by atoms with Crippen molar-refractivity contribution in [2.45, 2.75) is 6.54 Å². The van der Waals surface area contributed by atoms with Crippen LogP contribution in [0.1, 0.15) is 15.9 Å². The van der Waals surface area contributed by atoms with Crippen LogP contribution in [0.2, 0.25) is 0 Å². The van der Waals surface area contributed by atoms with Gasteiger partial charge in [-0.1, -0.05) is 48.5 Å². The molecule has 27 heavy (non-hydrogen) atoms. The summed E-state index contributed by atoms with van der Waals surface area (Å²) in [6.07, 6.45) is 1.68. The quantitative estimate of drug-likeness (QED) is 0.551. The summed E-state index contributed by atoms with van der Waals surface area (Å²) in [5.74, 6) is 1.12. The standard InChI is InChI=1S/C23H18N2O2/c26-23(20-12-11-18-7-1-2-8-19(18)15-20)25-16-17-6-5-9-21(14-17)27-22-10-3-4-13-24-22/h1-15H,16H2,(H,25,26). The van der Waals surface area contributed by atoms with Crippen molar-refractivity contribution in [2.75, 3.05) is 0 Å². The lowest BCUT2D eigenvalue weighted by atomic mass is 10.1. The van der Waals surface area contributed by atoms with Crippen LogP contribution >= 0.6 is 0 Å². The molecule has 0 aliphatic carbocycles. The van der Waals surface area contributed by atoms with Gasteiger partial charge in [0.15, 0.2) is 0 Å². The Balaban J connectivity index is 1.43. The van der Waals surface area contributed by atoms with Gasteiger partial charge in [0.2, 0.25) is 5.88 Å². The van der Waals surface area contributed by atoms with Crippen molar-refractivity contribution >= 4 is 16.7 Å². The average Bonchev–Trinajstić information content (AvgIpc) is 2.73. The van der Waals surface area contributed by atoms with Gasteiger partial charge >= 0.3 is 0 Å². The molecule has 4 nitrogen and oxygen atoms in total. The van der Waals surface area contributed by atoms with Crippen molar-refractivity contribution in [3.8, 4) is 11.6 Å². The third-order valence-corrected chi connectivity index (χ3v) is 4.22. The van der Waals surface area contributed by atoms with E-state index >= 15 is 0 Å². The predicted molar refractivity (Wildman–Crippen MR) is 106 cm³/mol. The summed E-state index contributed by atoms with van der Waals surface area (Å²) >= 11 is 0. The lowest BCUT2D eigenvalue weighted by Gasteiger charge is -2.09. The van der Waals surface area contributed by atoms with Crippen molar-refractivity contribution in [1.29, 1.82) is 0 Å². The largest absolute Gasteiger partial charge is 0.439 e. The van der Waals surface area contributed by atoms with Crippen LogP contribution in [0.15, 0.2) is 91.1 Å². The van der Waals surface area contributed by atoms with Gasteiger partial charge in [-0.25, -0.2) is 4.98 Å². The molecule has 0 bridgehead atoms. The number of rotatable bonds is 5. The van der Waals surface area contributed by atoms with E-state index in [1.165, 1.54) is 0 Å². The summed E-state index contributed by atoms with van der Waals surface area (Å²) in [7, 11) is 0. The van der Waals surface area contributed by atoms with Crippen LogP contribution in [0.25, 0.3) is 10.8 Å². The van der Waals surface area contributed by atoms with E-state index < -0.39 is 0 Å². The molecule has 0 atom stereocenters. The van der Waals surface area contributed by atoms with Crippen LogP contribution < -0.4 is 10.1 Å². The molecule has 4 rings (SSSR count). The molecule has 0 spiro atoms. The minimum atomic E-state index is -0.100. The van der Waals surface area contributed by atoms with Gasteiger partial charge < -0.3 is 10.1 Å². The Morgan fingerprint density at radius 1 is 0.852 bits per heavy atom. The Labute approximate surface area is 157 Å². The molecule has 4 aromatic rings. The van der Waals surface area contributed by atoms with Gasteiger partial charge in [0, 0.05) is 24.4 Å². The number of benzene rings is 3. The minimum absolute atomic E-state index is 0.100. The predicted octanol–water partition coefficient (Wildman–Crippen LogP) is 4.96. The number of pyridine rings is 1. The van der Waals surface area contributed by atoms with Crippen LogP contribution in [0.4, 0.5) is 0 Å². The molecule has 0 unspecified atom stereocenters. The summed E-state index contributed by atoms with van der Waals surface area (Å²) < 4.78 is 5.73. The molecule has 0 saturated heterocycles. The first kappa shape index (κ1) is 16.8. The summed E-state index contributed by atoms with van der Waals surface area (Å²) in [5, 5.41) is 5.13. The molecule has 1 aromatic heterocycles. The van der Waals surface area contributed by atoms with Crippen LogP contribution in [-0.2, 0) is 6.54 Å². The number of nitrogens with zero attached hydrogens (tertiary/aromatic N) is 1. The molecule has 0 radical (unpaired) electrons. The van der Waals surface area contributed by atoms with Crippen molar-refractivity contribution in [1.82, 2.24) is 10.3 Å². The fourth-order valence-electron chi connectivity index (χ4n) is 2.86. The maximum atomic E-state index is 12.5. The van der Waals surface area contributed by atoms with E-state index in [4.69, 9.17) is 4.74 Å². The highest BCUT2D eigenvalue weighted by atomic mass is 16.5. The zero-order valence-corrected chi connectivity index (χ0v) is 14.6. The number of carbonyl (C=O) groups excluding carboxylic acids is 1. The third-order valence-electron chi connectivity index (χ3n) is 4.22. The van der Waals surface area contributed by atoms with E-state index in [0.29, 0.717) is 23.7 Å². The number of ether oxygens (including phenoxy) is 1. The molecule has 0 aliphatic rings. The Morgan fingerprint density at radius 2 is 1.70 bits per heavy atom. The van der Waals surface area contributed by atoms with E-state index in [2.05, 4.69) is 10.3 Å². The van der Waals surface area contributed by atoms with Gasteiger partial charge in [-0.15, -0.1) is 0 Å². The van der Waals surface area contributed by atoms with Gasteiger partial charge in [0.25, 0.3) is 5.91 Å². The van der Waals surface area contributed by atoms with Gasteiger partial charge in [-0.05, 0) is 46.7 Å². The number of aromatic nitrogens is 1. The second-order valence-electron chi connectivity index (χ2n) is 6.16.